The minimum Gasteiger partial charge on any atom is -0.437 e. The second-order valence-electron chi connectivity index (χ2n) is 3.89. The van der Waals surface area contributed by atoms with E-state index in [4.69, 9.17) is 4.74 Å². The van der Waals surface area contributed by atoms with Crippen LogP contribution in [-0.4, -0.2) is 9.97 Å². The van der Waals surface area contributed by atoms with Gasteiger partial charge in [0.05, 0.1) is 17.6 Å². The molecule has 4 heteroatoms. The van der Waals surface area contributed by atoms with Crippen LogP contribution in [-0.2, 0) is 0 Å². The van der Waals surface area contributed by atoms with Crippen LogP contribution in [0.3, 0.4) is 0 Å². The van der Waals surface area contributed by atoms with Gasteiger partial charge in [-0.2, -0.15) is 0 Å². The quantitative estimate of drug-likeness (QED) is 0.840. The van der Waals surface area contributed by atoms with Crippen molar-refractivity contribution in [2.24, 2.45) is 0 Å². The monoisotopic (exact) mass is 292 g/mol. The third-order valence-electron chi connectivity index (χ3n) is 2.52. The van der Waals surface area contributed by atoms with E-state index in [1.807, 2.05) is 39.0 Å². The molecule has 1 aromatic heterocycles. The number of benzene rings is 1. The van der Waals surface area contributed by atoms with Crippen molar-refractivity contribution in [1.29, 1.82) is 0 Å². The van der Waals surface area contributed by atoms with Crippen molar-refractivity contribution >= 4 is 15.9 Å². The van der Waals surface area contributed by atoms with Crippen LogP contribution in [0.15, 0.2) is 28.9 Å². The van der Waals surface area contributed by atoms with Gasteiger partial charge in [-0.3, -0.25) is 4.98 Å². The summed E-state index contributed by atoms with van der Waals surface area (Å²) in [5.41, 5.74) is 2.86. The average molecular weight is 293 g/mol. The van der Waals surface area contributed by atoms with Crippen molar-refractivity contribution in [3.05, 3.63) is 45.8 Å². The molecule has 2 rings (SSSR count). The van der Waals surface area contributed by atoms with Gasteiger partial charge in [0, 0.05) is 4.47 Å². The SMILES string of the molecule is Cc1cc(Br)ccc1Oc1cnc(C)c(C)n1. The van der Waals surface area contributed by atoms with Crippen molar-refractivity contribution in [2.45, 2.75) is 20.8 Å². The summed E-state index contributed by atoms with van der Waals surface area (Å²) in [6, 6.07) is 5.86. The molecule has 0 aliphatic carbocycles. The summed E-state index contributed by atoms with van der Waals surface area (Å²) in [4.78, 5) is 8.56. The molecule has 2 aromatic rings. The van der Waals surface area contributed by atoms with Crippen molar-refractivity contribution in [3.8, 4) is 11.6 Å². The van der Waals surface area contributed by atoms with Gasteiger partial charge in [0.1, 0.15) is 5.75 Å². The van der Waals surface area contributed by atoms with E-state index in [-0.39, 0.29) is 0 Å². The first-order valence-electron chi connectivity index (χ1n) is 5.30. The zero-order valence-corrected chi connectivity index (χ0v) is 11.6. The highest BCUT2D eigenvalue weighted by Gasteiger charge is 2.05. The standard InChI is InChI=1S/C13H13BrN2O/c1-8-6-11(14)4-5-12(8)17-13-7-15-9(2)10(3)16-13/h4-7H,1-3H3. The molecule has 0 radical (unpaired) electrons. The lowest BCUT2D eigenvalue weighted by atomic mass is 10.2. The van der Waals surface area contributed by atoms with E-state index >= 15 is 0 Å². The largest absolute Gasteiger partial charge is 0.437 e. The van der Waals surface area contributed by atoms with Gasteiger partial charge < -0.3 is 4.74 Å². The van der Waals surface area contributed by atoms with Crippen LogP contribution in [0.25, 0.3) is 0 Å². The van der Waals surface area contributed by atoms with Gasteiger partial charge in [-0.1, -0.05) is 15.9 Å². The van der Waals surface area contributed by atoms with Gasteiger partial charge in [-0.15, -0.1) is 0 Å². The lowest BCUT2D eigenvalue weighted by Crippen LogP contribution is -1.96. The molecule has 0 saturated carbocycles. The minimum atomic E-state index is 0.526. The minimum absolute atomic E-state index is 0.526. The molecule has 1 heterocycles. The van der Waals surface area contributed by atoms with Crippen LogP contribution in [0, 0.1) is 20.8 Å². The van der Waals surface area contributed by atoms with E-state index in [1.54, 1.807) is 6.20 Å². The van der Waals surface area contributed by atoms with Crippen molar-refractivity contribution in [3.63, 3.8) is 0 Å². The summed E-state index contributed by atoms with van der Waals surface area (Å²) in [5.74, 6) is 1.32. The zero-order chi connectivity index (χ0) is 12.4. The molecule has 0 bridgehead atoms. The van der Waals surface area contributed by atoms with E-state index in [0.29, 0.717) is 5.88 Å². The van der Waals surface area contributed by atoms with E-state index in [0.717, 1.165) is 27.2 Å². The number of aromatic nitrogens is 2. The summed E-state index contributed by atoms with van der Waals surface area (Å²) in [6.45, 7) is 5.84. The van der Waals surface area contributed by atoms with Crippen molar-refractivity contribution in [1.82, 2.24) is 9.97 Å². The van der Waals surface area contributed by atoms with Crippen LogP contribution < -0.4 is 4.74 Å². The molecule has 0 fully saturated rings. The van der Waals surface area contributed by atoms with E-state index in [9.17, 15) is 0 Å². The number of hydrogen-bond donors (Lipinski definition) is 0. The molecule has 0 saturated heterocycles. The smallest absolute Gasteiger partial charge is 0.238 e. The molecule has 88 valence electrons. The molecule has 0 aliphatic rings. The number of aryl methyl sites for hydroxylation is 3. The summed E-state index contributed by atoms with van der Waals surface area (Å²) in [6.07, 6.45) is 1.64. The van der Waals surface area contributed by atoms with Gasteiger partial charge >= 0.3 is 0 Å². The molecule has 0 aliphatic heterocycles. The molecular weight excluding hydrogens is 280 g/mol. The maximum atomic E-state index is 5.71. The molecule has 0 spiro atoms. The predicted octanol–water partition coefficient (Wildman–Crippen LogP) is 3.96. The Hall–Kier alpha value is -1.42. The third-order valence-corrected chi connectivity index (χ3v) is 3.01. The summed E-state index contributed by atoms with van der Waals surface area (Å²) in [5, 5.41) is 0. The predicted molar refractivity (Wildman–Crippen MR) is 70.5 cm³/mol. The Kier molecular flexibility index (Phi) is 3.43. The molecule has 1 aromatic carbocycles. The van der Waals surface area contributed by atoms with Crippen LogP contribution in [0.1, 0.15) is 17.0 Å². The van der Waals surface area contributed by atoms with Gasteiger partial charge in [0.15, 0.2) is 0 Å². The van der Waals surface area contributed by atoms with Gasteiger partial charge in [0.25, 0.3) is 0 Å². The zero-order valence-electron chi connectivity index (χ0n) is 9.99. The highest BCUT2D eigenvalue weighted by Crippen LogP contribution is 2.26. The molecule has 0 N–H and O–H groups in total. The summed E-state index contributed by atoms with van der Waals surface area (Å²) >= 11 is 3.42. The maximum Gasteiger partial charge on any atom is 0.238 e. The molecular formula is C13H13BrN2O. The number of ether oxygens (including phenoxy) is 1. The number of halogens is 1. The average Bonchev–Trinajstić information content (AvgIpc) is 2.27. The van der Waals surface area contributed by atoms with Crippen molar-refractivity contribution in [2.75, 3.05) is 0 Å². The Morgan fingerprint density at radius 2 is 1.88 bits per heavy atom. The highest BCUT2D eigenvalue weighted by molar-refractivity contribution is 9.10. The number of nitrogens with zero attached hydrogens (tertiary/aromatic N) is 2. The summed E-state index contributed by atoms with van der Waals surface area (Å²) < 4.78 is 6.74. The molecule has 0 atom stereocenters. The Bertz CT molecular complexity index is 555. The molecule has 17 heavy (non-hydrogen) atoms. The van der Waals surface area contributed by atoms with Gasteiger partial charge in [-0.25, -0.2) is 4.98 Å². The number of hydrogen-bond acceptors (Lipinski definition) is 3. The normalized spacial score (nSPS) is 10.4. The highest BCUT2D eigenvalue weighted by atomic mass is 79.9. The molecule has 3 nitrogen and oxygen atoms in total. The fourth-order valence-electron chi connectivity index (χ4n) is 1.41. The first-order chi connectivity index (χ1) is 8.06. The third kappa shape index (κ3) is 2.82. The maximum absolute atomic E-state index is 5.71. The number of rotatable bonds is 2. The van der Waals surface area contributed by atoms with Crippen LogP contribution in [0.4, 0.5) is 0 Å². The van der Waals surface area contributed by atoms with E-state index in [2.05, 4.69) is 25.9 Å². The van der Waals surface area contributed by atoms with Crippen LogP contribution >= 0.6 is 15.9 Å². The molecule has 0 amide bonds. The Morgan fingerprint density at radius 1 is 1.12 bits per heavy atom. The van der Waals surface area contributed by atoms with Gasteiger partial charge in [-0.05, 0) is 44.5 Å². The fourth-order valence-corrected chi connectivity index (χ4v) is 1.89. The van der Waals surface area contributed by atoms with Crippen LogP contribution in [0.2, 0.25) is 0 Å². The molecule has 0 unspecified atom stereocenters. The Labute approximate surface area is 109 Å². The summed E-state index contributed by atoms with van der Waals surface area (Å²) in [7, 11) is 0. The van der Waals surface area contributed by atoms with E-state index < -0.39 is 0 Å². The topological polar surface area (TPSA) is 35.0 Å². The Morgan fingerprint density at radius 3 is 2.53 bits per heavy atom. The lowest BCUT2D eigenvalue weighted by Gasteiger charge is -2.08. The van der Waals surface area contributed by atoms with Crippen molar-refractivity contribution < 1.29 is 4.74 Å². The van der Waals surface area contributed by atoms with E-state index in [1.165, 1.54) is 0 Å². The second kappa shape index (κ2) is 4.84. The fraction of sp³-hybridized carbons (Fsp3) is 0.231. The Balaban J connectivity index is 2.28. The second-order valence-corrected chi connectivity index (χ2v) is 4.81. The lowest BCUT2D eigenvalue weighted by molar-refractivity contribution is 0.454. The first-order valence-corrected chi connectivity index (χ1v) is 6.10. The first kappa shape index (κ1) is 12.0. The van der Waals surface area contributed by atoms with Crippen LogP contribution in [0.5, 0.6) is 11.6 Å². The van der Waals surface area contributed by atoms with Gasteiger partial charge in [0.2, 0.25) is 5.88 Å².